The van der Waals surface area contributed by atoms with Crippen LogP contribution in [0.2, 0.25) is 0 Å². The van der Waals surface area contributed by atoms with Gasteiger partial charge in [0, 0.05) is 26.1 Å². The molecule has 2 aliphatic heterocycles. The Morgan fingerprint density at radius 3 is 2.64 bits per heavy atom. The normalized spacial score (nSPS) is 18.7. The zero-order chi connectivity index (χ0) is 20.1. The van der Waals surface area contributed by atoms with E-state index in [1.54, 1.807) is 37.3 Å². The number of ether oxygens (including phenoxy) is 3. The highest BCUT2D eigenvalue weighted by Crippen LogP contribution is 2.34. The van der Waals surface area contributed by atoms with Crippen molar-refractivity contribution < 1.29 is 23.8 Å². The number of nitrogens with zero attached hydrogens (tertiary/aromatic N) is 2. The number of benzene rings is 1. The van der Waals surface area contributed by atoms with E-state index < -0.39 is 0 Å². The first-order valence-corrected chi connectivity index (χ1v) is 10.1. The number of carbonyl (C=O) groups is 2. The van der Waals surface area contributed by atoms with Gasteiger partial charge in [-0.15, -0.1) is 0 Å². The summed E-state index contributed by atoms with van der Waals surface area (Å²) >= 11 is 6.58. The van der Waals surface area contributed by atoms with Crippen LogP contribution < -0.4 is 9.47 Å². The molecule has 150 valence electrons. The van der Waals surface area contributed by atoms with Gasteiger partial charge in [-0.2, -0.15) is 0 Å². The minimum atomic E-state index is -0.181. The second kappa shape index (κ2) is 9.40. The number of amides is 2. The van der Waals surface area contributed by atoms with E-state index in [-0.39, 0.29) is 24.8 Å². The van der Waals surface area contributed by atoms with Crippen molar-refractivity contribution in [1.82, 2.24) is 9.80 Å². The van der Waals surface area contributed by atoms with Gasteiger partial charge in [0.25, 0.3) is 5.91 Å². The van der Waals surface area contributed by atoms with Crippen LogP contribution in [0.15, 0.2) is 23.1 Å². The maximum Gasteiger partial charge on any atom is 0.266 e. The Morgan fingerprint density at radius 1 is 1.25 bits per heavy atom. The molecule has 0 unspecified atom stereocenters. The van der Waals surface area contributed by atoms with Gasteiger partial charge in [0.1, 0.15) is 4.32 Å². The smallest absolute Gasteiger partial charge is 0.266 e. The van der Waals surface area contributed by atoms with E-state index in [1.807, 2.05) is 6.07 Å². The highest BCUT2D eigenvalue weighted by Gasteiger charge is 2.32. The standard InChI is InChI=1S/C19H22N2O5S2/c1-24-14-4-3-13(11-15(14)25-2)12-16-18(23)21(19(27)28-16)6-5-17(22)20-7-9-26-10-8-20/h3-4,11-12H,5-10H2,1-2H3/b16-12-. The molecule has 2 aliphatic rings. The highest BCUT2D eigenvalue weighted by atomic mass is 32.2. The molecule has 0 N–H and O–H groups in total. The lowest BCUT2D eigenvalue weighted by atomic mass is 10.2. The molecule has 0 aromatic heterocycles. The van der Waals surface area contributed by atoms with Gasteiger partial charge < -0.3 is 19.1 Å². The highest BCUT2D eigenvalue weighted by molar-refractivity contribution is 8.26. The topological polar surface area (TPSA) is 68.3 Å². The Kier molecular flexibility index (Phi) is 6.93. The Labute approximate surface area is 173 Å². The van der Waals surface area contributed by atoms with E-state index in [0.29, 0.717) is 47.0 Å². The van der Waals surface area contributed by atoms with Crippen LogP contribution in [-0.2, 0) is 14.3 Å². The molecule has 0 radical (unpaired) electrons. The molecule has 3 rings (SSSR count). The molecule has 0 atom stereocenters. The van der Waals surface area contributed by atoms with E-state index in [0.717, 1.165) is 5.56 Å². The summed E-state index contributed by atoms with van der Waals surface area (Å²) in [4.78, 5) is 28.8. The molecule has 0 aliphatic carbocycles. The number of rotatable bonds is 6. The zero-order valence-corrected chi connectivity index (χ0v) is 17.4. The van der Waals surface area contributed by atoms with E-state index in [9.17, 15) is 9.59 Å². The zero-order valence-electron chi connectivity index (χ0n) is 15.8. The van der Waals surface area contributed by atoms with E-state index in [1.165, 1.54) is 16.7 Å². The number of morpholine rings is 1. The third-order valence-electron chi connectivity index (χ3n) is 4.49. The van der Waals surface area contributed by atoms with Crippen molar-refractivity contribution in [3.8, 4) is 11.5 Å². The summed E-state index contributed by atoms with van der Waals surface area (Å²) in [5, 5.41) is 0. The molecule has 2 fully saturated rings. The van der Waals surface area contributed by atoms with Crippen LogP contribution in [0.5, 0.6) is 11.5 Å². The van der Waals surface area contributed by atoms with E-state index >= 15 is 0 Å². The van der Waals surface area contributed by atoms with Crippen LogP contribution in [0.3, 0.4) is 0 Å². The summed E-state index contributed by atoms with van der Waals surface area (Å²) in [6.07, 6.45) is 2.02. The molecule has 0 saturated carbocycles. The summed E-state index contributed by atoms with van der Waals surface area (Å²) in [6, 6.07) is 5.43. The molecule has 2 saturated heterocycles. The van der Waals surface area contributed by atoms with Crippen LogP contribution in [0, 0.1) is 0 Å². The SMILES string of the molecule is COc1ccc(/C=C2\SC(=S)N(CCC(=O)N3CCOCC3)C2=O)cc1OC. The predicted octanol–water partition coefficient (Wildman–Crippen LogP) is 2.15. The maximum absolute atomic E-state index is 12.7. The van der Waals surface area contributed by atoms with Gasteiger partial charge in [-0.3, -0.25) is 14.5 Å². The first kappa shape index (κ1) is 20.6. The molecule has 0 spiro atoms. The van der Waals surface area contributed by atoms with Crippen LogP contribution in [-0.4, -0.2) is 73.0 Å². The molecule has 1 aromatic rings. The Bertz CT molecular complexity index is 806. The molecular weight excluding hydrogens is 400 g/mol. The second-order valence-electron chi connectivity index (χ2n) is 6.19. The number of thiocarbonyl (C=S) groups is 1. The first-order chi connectivity index (χ1) is 13.5. The third kappa shape index (κ3) is 4.65. The lowest BCUT2D eigenvalue weighted by molar-refractivity contribution is -0.135. The fraction of sp³-hybridized carbons (Fsp3) is 0.421. The van der Waals surface area contributed by atoms with Crippen molar-refractivity contribution in [3.05, 3.63) is 28.7 Å². The first-order valence-electron chi connectivity index (χ1n) is 8.86. The quantitative estimate of drug-likeness (QED) is 0.514. The van der Waals surface area contributed by atoms with Crippen molar-refractivity contribution in [1.29, 1.82) is 0 Å². The monoisotopic (exact) mass is 422 g/mol. The number of methoxy groups -OCH3 is 2. The van der Waals surface area contributed by atoms with E-state index in [2.05, 4.69) is 0 Å². The molecule has 2 heterocycles. The minimum Gasteiger partial charge on any atom is -0.493 e. The van der Waals surface area contributed by atoms with Crippen molar-refractivity contribution >= 4 is 46.2 Å². The minimum absolute atomic E-state index is 0.0150. The molecular formula is C19H22N2O5S2. The van der Waals surface area contributed by atoms with Crippen molar-refractivity contribution in [2.24, 2.45) is 0 Å². The van der Waals surface area contributed by atoms with Crippen LogP contribution in [0.1, 0.15) is 12.0 Å². The summed E-state index contributed by atoms with van der Waals surface area (Å²) in [7, 11) is 3.13. The van der Waals surface area contributed by atoms with Gasteiger partial charge in [0.2, 0.25) is 5.91 Å². The number of thioether (sulfide) groups is 1. The van der Waals surface area contributed by atoms with Crippen LogP contribution >= 0.6 is 24.0 Å². The number of hydrogen-bond donors (Lipinski definition) is 0. The lowest BCUT2D eigenvalue weighted by Gasteiger charge is -2.27. The molecule has 9 heteroatoms. The van der Waals surface area contributed by atoms with Gasteiger partial charge in [0.05, 0.1) is 32.3 Å². The predicted molar refractivity (Wildman–Crippen MR) is 111 cm³/mol. The molecule has 0 bridgehead atoms. The van der Waals surface area contributed by atoms with Gasteiger partial charge in [-0.1, -0.05) is 30.0 Å². The molecule has 1 aromatic carbocycles. The Morgan fingerprint density at radius 2 is 1.96 bits per heavy atom. The molecule has 2 amide bonds. The average Bonchev–Trinajstić information content (AvgIpc) is 2.99. The largest absolute Gasteiger partial charge is 0.493 e. The van der Waals surface area contributed by atoms with Gasteiger partial charge in [-0.05, 0) is 23.8 Å². The fourth-order valence-corrected chi connectivity index (χ4v) is 4.27. The second-order valence-corrected chi connectivity index (χ2v) is 7.87. The van der Waals surface area contributed by atoms with Crippen LogP contribution in [0.4, 0.5) is 0 Å². The third-order valence-corrected chi connectivity index (χ3v) is 5.87. The van der Waals surface area contributed by atoms with E-state index in [4.69, 9.17) is 26.4 Å². The summed E-state index contributed by atoms with van der Waals surface area (Å²) in [6.45, 7) is 2.58. The van der Waals surface area contributed by atoms with Gasteiger partial charge >= 0.3 is 0 Å². The van der Waals surface area contributed by atoms with Crippen LogP contribution in [0.25, 0.3) is 6.08 Å². The lowest BCUT2D eigenvalue weighted by Crippen LogP contribution is -2.42. The summed E-state index contributed by atoms with van der Waals surface area (Å²) in [5.74, 6) is 1.04. The van der Waals surface area contributed by atoms with Crippen molar-refractivity contribution in [2.75, 3.05) is 47.1 Å². The number of carbonyl (C=O) groups excluding carboxylic acids is 2. The Hall–Kier alpha value is -2.10. The van der Waals surface area contributed by atoms with Gasteiger partial charge in [0.15, 0.2) is 11.5 Å². The molecule has 7 nitrogen and oxygen atoms in total. The van der Waals surface area contributed by atoms with Crippen molar-refractivity contribution in [3.63, 3.8) is 0 Å². The van der Waals surface area contributed by atoms with Crippen molar-refractivity contribution in [2.45, 2.75) is 6.42 Å². The molecule has 28 heavy (non-hydrogen) atoms. The summed E-state index contributed by atoms with van der Waals surface area (Å²) in [5.41, 5.74) is 0.808. The maximum atomic E-state index is 12.7. The average molecular weight is 423 g/mol. The number of hydrogen-bond acceptors (Lipinski definition) is 7. The summed E-state index contributed by atoms with van der Waals surface area (Å²) < 4.78 is 16.3. The Balaban J connectivity index is 1.66. The fourth-order valence-electron chi connectivity index (χ4n) is 2.97. The van der Waals surface area contributed by atoms with Gasteiger partial charge in [-0.25, -0.2) is 0 Å².